The van der Waals surface area contributed by atoms with E-state index in [1.807, 2.05) is 4.68 Å². The Bertz CT molecular complexity index is 508. The molecular weight excluding hydrogens is 324 g/mol. The molecule has 0 N–H and O–H groups in total. The zero-order valence-electron chi connectivity index (χ0n) is 11.4. The summed E-state index contributed by atoms with van der Waals surface area (Å²) in [5, 5.41) is 6.67. The summed E-state index contributed by atoms with van der Waals surface area (Å²) in [6, 6.07) is 4.23. The van der Waals surface area contributed by atoms with Gasteiger partial charge in [0.05, 0.1) is 29.1 Å². The summed E-state index contributed by atoms with van der Waals surface area (Å²) in [6.45, 7) is 6.47. The monoisotopic (exact) mass is 342 g/mol. The van der Waals surface area contributed by atoms with Crippen molar-refractivity contribution in [2.75, 3.05) is 6.61 Å². The molecule has 2 heterocycles. The first-order valence-corrected chi connectivity index (χ1v) is 8.27. The second-order valence-corrected chi connectivity index (χ2v) is 6.08. The quantitative estimate of drug-likeness (QED) is 0.709. The van der Waals surface area contributed by atoms with Gasteiger partial charge in [-0.1, -0.05) is 13.0 Å². The van der Waals surface area contributed by atoms with E-state index >= 15 is 0 Å². The molecule has 0 bridgehead atoms. The van der Waals surface area contributed by atoms with Gasteiger partial charge < -0.3 is 4.74 Å². The van der Waals surface area contributed by atoms with Crippen LogP contribution in [0.25, 0.3) is 0 Å². The van der Waals surface area contributed by atoms with Gasteiger partial charge in [0, 0.05) is 17.8 Å². The average molecular weight is 343 g/mol. The lowest BCUT2D eigenvalue weighted by Crippen LogP contribution is -2.06. The number of hydrogen-bond donors (Lipinski definition) is 0. The van der Waals surface area contributed by atoms with Gasteiger partial charge in [0.2, 0.25) is 0 Å². The van der Waals surface area contributed by atoms with Crippen LogP contribution < -0.4 is 0 Å². The van der Waals surface area contributed by atoms with Crippen LogP contribution in [0.3, 0.4) is 0 Å². The van der Waals surface area contributed by atoms with E-state index in [1.165, 1.54) is 4.88 Å². The fourth-order valence-electron chi connectivity index (χ4n) is 1.95. The predicted octanol–water partition coefficient (Wildman–Crippen LogP) is 4.05. The van der Waals surface area contributed by atoms with Crippen LogP contribution in [-0.4, -0.2) is 16.4 Å². The Hall–Kier alpha value is -0.650. The first kappa shape index (κ1) is 14.8. The molecule has 0 aromatic carbocycles. The normalized spacial score (nSPS) is 11.1. The minimum absolute atomic E-state index is 0.618. The fraction of sp³-hybridized carbons (Fsp3) is 0.500. The summed E-state index contributed by atoms with van der Waals surface area (Å²) in [5.41, 5.74) is 2.25. The molecule has 0 fully saturated rings. The molecule has 0 atom stereocenters. The van der Waals surface area contributed by atoms with Gasteiger partial charge in [-0.05, 0) is 40.7 Å². The Kier molecular flexibility index (Phi) is 5.60. The standard InChI is InChI=1S/C14H19BrN2OS/c1-3-12-14(15)13(17(4-2)16-12)10-18-8-7-11-6-5-9-19-11/h5-6,9H,3-4,7-8,10H2,1-2H3. The molecule has 19 heavy (non-hydrogen) atoms. The number of aromatic nitrogens is 2. The molecule has 0 aliphatic carbocycles. The summed E-state index contributed by atoms with van der Waals surface area (Å²) < 4.78 is 8.92. The van der Waals surface area contributed by atoms with Crippen molar-refractivity contribution in [2.24, 2.45) is 0 Å². The molecule has 2 aromatic heterocycles. The van der Waals surface area contributed by atoms with Crippen LogP contribution in [0.2, 0.25) is 0 Å². The lowest BCUT2D eigenvalue weighted by molar-refractivity contribution is 0.118. The van der Waals surface area contributed by atoms with Gasteiger partial charge in [-0.3, -0.25) is 4.68 Å². The predicted molar refractivity (Wildman–Crippen MR) is 82.7 cm³/mol. The highest BCUT2D eigenvalue weighted by Crippen LogP contribution is 2.23. The largest absolute Gasteiger partial charge is 0.375 e. The van der Waals surface area contributed by atoms with Crippen molar-refractivity contribution in [1.29, 1.82) is 0 Å². The summed E-state index contributed by atoms with van der Waals surface area (Å²) in [6.07, 6.45) is 1.92. The molecule has 0 spiro atoms. The van der Waals surface area contributed by atoms with Crippen LogP contribution in [0, 0.1) is 0 Å². The zero-order valence-corrected chi connectivity index (χ0v) is 13.8. The van der Waals surface area contributed by atoms with Crippen LogP contribution >= 0.6 is 27.3 Å². The molecule has 0 saturated heterocycles. The third kappa shape index (κ3) is 3.68. The molecule has 0 aliphatic rings. The molecule has 0 radical (unpaired) electrons. The summed E-state index contributed by atoms with van der Waals surface area (Å²) in [5.74, 6) is 0. The number of rotatable bonds is 7. The first-order chi connectivity index (χ1) is 9.26. The second kappa shape index (κ2) is 7.22. The number of hydrogen-bond acceptors (Lipinski definition) is 3. The fourth-order valence-corrected chi connectivity index (χ4v) is 3.32. The Morgan fingerprint density at radius 2 is 2.26 bits per heavy atom. The van der Waals surface area contributed by atoms with Gasteiger partial charge in [-0.2, -0.15) is 5.10 Å². The van der Waals surface area contributed by atoms with Crippen LogP contribution in [0.5, 0.6) is 0 Å². The third-order valence-corrected chi connectivity index (χ3v) is 4.86. The van der Waals surface area contributed by atoms with Gasteiger partial charge in [-0.15, -0.1) is 11.3 Å². The van der Waals surface area contributed by atoms with Crippen LogP contribution in [0.15, 0.2) is 22.0 Å². The van der Waals surface area contributed by atoms with E-state index in [4.69, 9.17) is 4.74 Å². The zero-order chi connectivity index (χ0) is 13.7. The summed E-state index contributed by atoms with van der Waals surface area (Å²) >= 11 is 5.41. The Balaban J connectivity index is 1.90. The number of thiophene rings is 1. The van der Waals surface area contributed by atoms with E-state index in [0.717, 1.165) is 41.9 Å². The van der Waals surface area contributed by atoms with Crippen molar-refractivity contribution in [2.45, 2.75) is 39.8 Å². The van der Waals surface area contributed by atoms with Crippen LogP contribution in [0.1, 0.15) is 30.1 Å². The van der Waals surface area contributed by atoms with Crippen molar-refractivity contribution in [3.63, 3.8) is 0 Å². The van der Waals surface area contributed by atoms with Gasteiger partial charge in [0.15, 0.2) is 0 Å². The average Bonchev–Trinajstić information content (AvgIpc) is 3.03. The van der Waals surface area contributed by atoms with Crippen LogP contribution in [-0.2, 0) is 30.7 Å². The Morgan fingerprint density at radius 1 is 1.42 bits per heavy atom. The number of ether oxygens (including phenoxy) is 1. The maximum absolute atomic E-state index is 5.79. The maximum Gasteiger partial charge on any atom is 0.0896 e. The SMILES string of the molecule is CCc1nn(CC)c(COCCc2cccs2)c1Br. The summed E-state index contributed by atoms with van der Waals surface area (Å²) in [4.78, 5) is 1.37. The maximum atomic E-state index is 5.79. The molecule has 2 aromatic rings. The van der Waals surface area contributed by atoms with Crippen molar-refractivity contribution >= 4 is 27.3 Å². The molecule has 0 amide bonds. The molecule has 104 valence electrons. The van der Waals surface area contributed by atoms with Gasteiger partial charge >= 0.3 is 0 Å². The van der Waals surface area contributed by atoms with Crippen molar-refractivity contribution < 1.29 is 4.74 Å². The van der Waals surface area contributed by atoms with Gasteiger partial charge in [0.25, 0.3) is 0 Å². The van der Waals surface area contributed by atoms with Gasteiger partial charge in [0.1, 0.15) is 0 Å². The van der Waals surface area contributed by atoms with Crippen molar-refractivity contribution in [3.8, 4) is 0 Å². The van der Waals surface area contributed by atoms with E-state index in [0.29, 0.717) is 6.61 Å². The number of nitrogens with zero attached hydrogens (tertiary/aromatic N) is 2. The molecule has 3 nitrogen and oxygen atoms in total. The van der Waals surface area contributed by atoms with E-state index < -0.39 is 0 Å². The molecular formula is C14H19BrN2OS. The minimum atomic E-state index is 0.618. The topological polar surface area (TPSA) is 27.1 Å². The lowest BCUT2D eigenvalue weighted by atomic mass is 10.3. The van der Waals surface area contributed by atoms with Gasteiger partial charge in [-0.25, -0.2) is 0 Å². The smallest absolute Gasteiger partial charge is 0.0896 e. The first-order valence-electron chi connectivity index (χ1n) is 6.60. The molecule has 0 aliphatic heterocycles. The highest BCUT2D eigenvalue weighted by molar-refractivity contribution is 9.10. The summed E-state index contributed by atoms with van der Waals surface area (Å²) in [7, 11) is 0. The Morgan fingerprint density at radius 3 is 2.89 bits per heavy atom. The van der Waals surface area contributed by atoms with E-state index in [2.05, 4.69) is 52.4 Å². The second-order valence-electron chi connectivity index (χ2n) is 4.26. The van der Waals surface area contributed by atoms with Crippen molar-refractivity contribution in [1.82, 2.24) is 9.78 Å². The number of aryl methyl sites for hydroxylation is 2. The third-order valence-electron chi connectivity index (χ3n) is 3.01. The highest BCUT2D eigenvalue weighted by Gasteiger charge is 2.13. The van der Waals surface area contributed by atoms with Crippen LogP contribution in [0.4, 0.5) is 0 Å². The van der Waals surface area contributed by atoms with E-state index in [1.54, 1.807) is 11.3 Å². The van der Waals surface area contributed by atoms with E-state index in [9.17, 15) is 0 Å². The Labute approximate surface area is 126 Å². The van der Waals surface area contributed by atoms with E-state index in [-0.39, 0.29) is 0 Å². The molecule has 0 saturated carbocycles. The minimum Gasteiger partial charge on any atom is -0.375 e. The molecule has 5 heteroatoms. The molecule has 0 unspecified atom stereocenters. The molecule has 2 rings (SSSR count). The number of halogens is 1. The highest BCUT2D eigenvalue weighted by atomic mass is 79.9. The lowest BCUT2D eigenvalue weighted by Gasteiger charge is -2.06. The van der Waals surface area contributed by atoms with Crippen molar-refractivity contribution in [3.05, 3.63) is 38.3 Å².